The number of hydrogen-bond donors (Lipinski definition) is 1. The van der Waals surface area contributed by atoms with Gasteiger partial charge < -0.3 is 19.7 Å². The number of nitrogens with one attached hydrogen (secondary N) is 1. The lowest BCUT2D eigenvalue weighted by molar-refractivity contribution is 0.191. The van der Waals surface area contributed by atoms with Crippen LogP contribution in [0.15, 0.2) is 12.1 Å². The van der Waals surface area contributed by atoms with Crippen LogP contribution in [0.1, 0.15) is 24.6 Å². The molecule has 0 spiro atoms. The second kappa shape index (κ2) is 10.5. The van der Waals surface area contributed by atoms with Gasteiger partial charge in [0.2, 0.25) is 0 Å². The molecule has 0 aliphatic carbocycles. The monoisotopic (exact) mass is 295 g/mol. The predicted octanol–water partition coefficient (Wildman–Crippen LogP) is 1.99. The summed E-state index contributed by atoms with van der Waals surface area (Å²) >= 11 is 0. The summed E-state index contributed by atoms with van der Waals surface area (Å²) in [4.78, 5) is 7.00. The molecule has 5 nitrogen and oxygen atoms in total. The number of nitrogens with zero attached hydrogens (tertiary/aromatic N) is 2. The van der Waals surface area contributed by atoms with Gasteiger partial charge >= 0.3 is 0 Å². The van der Waals surface area contributed by atoms with Crippen LogP contribution in [-0.4, -0.2) is 52.1 Å². The molecule has 0 aromatic carbocycles. The summed E-state index contributed by atoms with van der Waals surface area (Å²) < 4.78 is 10.3. The van der Waals surface area contributed by atoms with Gasteiger partial charge in [-0.3, -0.25) is 0 Å². The summed E-state index contributed by atoms with van der Waals surface area (Å²) in [6, 6.07) is 4.26. The molecule has 1 heterocycles. The number of aromatic nitrogens is 1. The summed E-state index contributed by atoms with van der Waals surface area (Å²) in [6.45, 7) is 9.26. The first kappa shape index (κ1) is 17.9. The number of ether oxygens (including phenoxy) is 2. The van der Waals surface area contributed by atoms with E-state index in [1.54, 1.807) is 14.2 Å². The van der Waals surface area contributed by atoms with E-state index in [0.717, 1.165) is 50.7 Å². The third kappa shape index (κ3) is 6.42. The zero-order valence-corrected chi connectivity index (χ0v) is 13.8. The Morgan fingerprint density at radius 2 is 1.90 bits per heavy atom. The van der Waals surface area contributed by atoms with Crippen molar-refractivity contribution in [1.29, 1.82) is 0 Å². The Bertz CT molecular complexity index is 399. The van der Waals surface area contributed by atoms with E-state index in [2.05, 4.69) is 36.2 Å². The van der Waals surface area contributed by atoms with Crippen molar-refractivity contribution in [1.82, 2.24) is 10.3 Å². The molecule has 120 valence electrons. The van der Waals surface area contributed by atoms with E-state index in [1.807, 2.05) is 0 Å². The van der Waals surface area contributed by atoms with Gasteiger partial charge in [0.1, 0.15) is 5.82 Å². The highest BCUT2D eigenvalue weighted by Crippen LogP contribution is 2.15. The van der Waals surface area contributed by atoms with Gasteiger partial charge in [-0.05, 0) is 31.5 Å². The minimum absolute atomic E-state index is 0.701. The van der Waals surface area contributed by atoms with Crippen molar-refractivity contribution in [2.24, 2.45) is 0 Å². The molecule has 0 saturated carbocycles. The van der Waals surface area contributed by atoms with Crippen LogP contribution < -0.4 is 10.2 Å². The molecule has 0 bridgehead atoms. The SMILES string of the molecule is CCNCc1ccc(N(CCCOC)CCOC)nc1C. The lowest BCUT2D eigenvalue weighted by atomic mass is 10.2. The lowest BCUT2D eigenvalue weighted by Gasteiger charge is -2.24. The third-order valence-corrected chi connectivity index (χ3v) is 3.41. The maximum absolute atomic E-state index is 5.20. The van der Waals surface area contributed by atoms with Crippen LogP contribution in [0.5, 0.6) is 0 Å². The van der Waals surface area contributed by atoms with Crippen LogP contribution in [0.3, 0.4) is 0 Å². The Hall–Kier alpha value is -1.17. The van der Waals surface area contributed by atoms with Gasteiger partial charge in [-0.2, -0.15) is 0 Å². The Morgan fingerprint density at radius 1 is 1.14 bits per heavy atom. The molecular weight excluding hydrogens is 266 g/mol. The molecule has 0 unspecified atom stereocenters. The van der Waals surface area contributed by atoms with Gasteiger partial charge in [0.25, 0.3) is 0 Å². The van der Waals surface area contributed by atoms with Crippen LogP contribution in [0, 0.1) is 6.92 Å². The van der Waals surface area contributed by atoms with Crippen LogP contribution in [0.25, 0.3) is 0 Å². The van der Waals surface area contributed by atoms with Crippen molar-refractivity contribution in [2.75, 3.05) is 52.0 Å². The fourth-order valence-corrected chi connectivity index (χ4v) is 2.14. The Labute approximate surface area is 128 Å². The maximum Gasteiger partial charge on any atom is 0.128 e. The van der Waals surface area contributed by atoms with Crippen molar-refractivity contribution in [3.05, 3.63) is 23.4 Å². The Kier molecular flexibility index (Phi) is 8.98. The molecule has 1 rings (SSSR count). The highest BCUT2D eigenvalue weighted by atomic mass is 16.5. The first-order valence-electron chi connectivity index (χ1n) is 7.63. The van der Waals surface area contributed by atoms with Crippen LogP contribution >= 0.6 is 0 Å². The van der Waals surface area contributed by atoms with Crippen molar-refractivity contribution >= 4 is 5.82 Å². The van der Waals surface area contributed by atoms with Crippen LogP contribution in [0.2, 0.25) is 0 Å². The highest BCUT2D eigenvalue weighted by Gasteiger charge is 2.09. The van der Waals surface area contributed by atoms with Gasteiger partial charge in [0, 0.05) is 46.2 Å². The number of anilines is 1. The number of pyridine rings is 1. The molecule has 0 saturated heterocycles. The lowest BCUT2D eigenvalue weighted by Crippen LogP contribution is -2.30. The normalized spacial score (nSPS) is 10.9. The topological polar surface area (TPSA) is 46.6 Å². The van der Waals surface area contributed by atoms with E-state index in [0.29, 0.717) is 6.61 Å². The van der Waals surface area contributed by atoms with Gasteiger partial charge in [-0.25, -0.2) is 4.98 Å². The molecule has 0 fully saturated rings. The fourth-order valence-electron chi connectivity index (χ4n) is 2.14. The second-order valence-electron chi connectivity index (χ2n) is 5.02. The molecule has 5 heteroatoms. The Morgan fingerprint density at radius 3 is 2.52 bits per heavy atom. The summed E-state index contributed by atoms with van der Waals surface area (Å²) in [5, 5.41) is 3.34. The quantitative estimate of drug-likeness (QED) is 0.633. The summed E-state index contributed by atoms with van der Waals surface area (Å²) in [5.41, 5.74) is 2.34. The molecule has 0 radical (unpaired) electrons. The van der Waals surface area contributed by atoms with Gasteiger partial charge in [0.15, 0.2) is 0 Å². The summed E-state index contributed by atoms with van der Waals surface area (Å²) in [5.74, 6) is 1.01. The predicted molar refractivity (Wildman–Crippen MR) is 86.9 cm³/mol. The fraction of sp³-hybridized carbons (Fsp3) is 0.688. The average molecular weight is 295 g/mol. The minimum Gasteiger partial charge on any atom is -0.385 e. The molecular formula is C16H29N3O2. The molecule has 1 N–H and O–H groups in total. The first-order valence-corrected chi connectivity index (χ1v) is 7.63. The zero-order valence-electron chi connectivity index (χ0n) is 13.8. The van der Waals surface area contributed by atoms with E-state index in [4.69, 9.17) is 14.5 Å². The first-order chi connectivity index (χ1) is 10.2. The smallest absolute Gasteiger partial charge is 0.128 e. The Balaban J connectivity index is 2.73. The average Bonchev–Trinajstić information content (AvgIpc) is 2.49. The number of methoxy groups -OCH3 is 2. The van der Waals surface area contributed by atoms with E-state index >= 15 is 0 Å². The molecule has 0 amide bonds. The standard InChI is InChI=1S/C16H29N3O2/c1-5-17-13-15-7-8-16(18-14(15)2)19(10-12-21-4)9-6-11-20-3/h7-8,17H,5-6,9-13H2,1-4H3. The van der Waals surface area contributed by atoms with Crippen molar-refractivity contribution in [2.45, 2.75) is 26.8 Å². The molecule has 0 atom stereocenters. The van der Waals surface area contributed by atoms with Crippen LogP contribution in [0.4, 0.5) is 5.82 Å². The summed E-state index contributed by atoms with van der Waals surface area (Å²) in [7, 11) is 3.46. The molecule has 0 aliphatic rings. The molecule has 1 aromatic rings. The van der Waals surface area contributed by atoms with E-state index in [-0.39, 0.29) is 0 Å². The third-order valence-electron chi connectivity index (χ3n) is 3.41. The van der Waals surface area contributed by atoms with Gasteiger partial charge in [-0.15, -0.1) is 0 Å². The number of aryl methyl sites for hydroxylation is 1. The van der Waals surface area contributed by atoms with E-state index in [9.17, 15) is 0 Å². The van der Waals surface area contributed by atoms with Crippen molar-refractivity contribution in [3.8, 4) is 0 Å². The van der Waals surface area contributed by atoms with E-state index in [1.165, 1.54) is 5.56 Å². The maximum atomic E-state index is 5.20. The molecule has 1 aromatic heterocycles. The number of hydrogen-bond acceptors (Lipinski definition) is 5. The van der Waals surface area contributed by atoms with Gasteiger partial charge in [0.05, 0.1) is 6.61 Å². The largest absolute Gasteiger partial charge is 0.385 e. The minimum atomic E-state index is 0.701. The zero-order chi connectivity index (χ0) is 15.5. The molecule has 21 heavy (non-hydrogen) atoms. The number of rotatable bonds is 11. The van der Waals surface area contributed by atoms with Crippen LogP contribution in [-0.2, 0) is 16.0 Å². The second-order valence-corrected chi connectivity index (χ2v) is 5.02. The highest BCUT2D eigenvalue weighted by molar-refractivity contribution is 5.41. The molecule has 0 aliphatic heterocycles. The van der Waals surface area contributed by atoms with Crippen molar-refractivity contribution < 1.29 is 9.47 Å². The summed E-state index contributed by atoms with van der Waals surface area (Å²) in [6.07, 6.45) is 0.986. The van der Waals surface area contributed by atoms with E-state index < -0.39 is 0 Å². The van der Waals surface area contributed by atoms with Gasteiger partial charge in [-0.1, -0.05) is 13.0 Å². The van der Waals surface area contributed by atoms with Crippen molar-refractivity contribution in [3.63, 3.8) is 0 Å².